The number of hydrogen-bond donors (Lipinski definition) is 1. The third kappa shape index (κ3) is 1.52. The minimum absolute atomic E-state index is 0.424. The van der Waals surface area contributed by atoms with E-state index >= 15 is 0 Å². The van der Waals surface area contributed by atoms with Gasteiger partial charge in [0.15, 0.2) is 0 Å². The second kappa shape index (κ2) is 2.46. The Morgan fingerprint density at radius 3 is 2.45 bits per heavy atom. The first-order valence-corrected chi connectivity index (χ1v) is 3.56. The van der Waals surface area contributed by atoms with Gasteiger partial charge >= 0.3 is 5.97 Å². The molecule has 4 nitrogen and oxygen atoms in total. The molecule has 0 spiro atoms. The van der Waals surface area contributed by atoms with Crippen molar-refractivity contribution in [1.82, 2.24) is 5.06 Å². The summed E-state index contributed by atoms with van der Waals surface area (Å²) in [5.41, 5.74) is -0.569. The van der Waals surface area contributed by atoms with Crippen LogP contribution in [0.2, 0.25) is 0 Å². The van der Waals surface area contributed by atoms with E-state index in [1.54, 1.807) is 26.0 Å². The van der Waals surface area contributed by atoms with Crippen molar-refractivity contribution in [3.8, 4) is 0 Å². The van der Waals surface area contributed by atoms with Crippen LogP contribution in [0.5, 0.6) is 0 Å². The molecule has 0 saturated carbocycles. The summed E-state index contributed by atoms with van der Waals surface area (Å²) < 4.78 is 0. The largest absolute Gasteiger partial charge is 0.481 e. The summed E-state index contributed by atoms with van der Waals surface area (Å²) in [5, 5.41) is 10.3. The van der Waals surface area contributed by atoms with E-state index in [0.717, 1.165) is 0 Å². The van der Waals surface area contributed by atoms with Crippen LogP contribution >= 0.6 is 0 Å². The summed E-state index contributed by atoms with van der Waals surface area (Å²) in [4.78, 5) is 15.9. The lowest BCUT2D eigenvalue weighted by Gasteiger charge is -2.20. The van der Waals surface area contributed by atoms with Crippen LogP contribution in [0.1, 0.15) is 13.8 Å². The van der Waals surface area contributed by atoms with Gasteiger partial charge in [-0.05, 0) is 13.8 Å². The molecule has 1 N–H and O–H groups in total. The van der Waals surface area contributed by atoms with E-state index in [0.29, 0.717) is 6.54 Å². The van der Waals surface area contributed by atoms with Gasteiger partial charge in [0.2, 0.25) is 0 Å². The van der Waals surface area contributed by atoms with Gasteiger partial charge in [-0.3, -0.25) is 9.63 Å². The van der Waals surface area contributed by atoms with Gasteiger partial charge in [-0.1, -0.05) is 0 Å². The summed E-state index contributed by atoms with van der Waals surface area (Å²) in [6, 6.07) is 0. The Balaban J connectivity index is 2.74. The second-order valence-electron chi connectivity index (χ2n) is 3.40. The molecule has 0 bridgehead atoms. The lowest BCUT2D eigenvalue weighted by molar-refractivity contribution is -0.173. The van der Waals surface area contributed by atoms with Gasteiger partial charge in [-0.2, -0.15) is 5.06 Å². The quantitative estimate of drug-likeness (QED) is 0.599. The predicted molar refractivity (Wildman–Crippen MR) is 38.9 cm³/mol. The monoisotopic (exact) mass is 159 g/mol. The molecule has 0 aliphatic carbocycles. The van der Waals surface area contributed by atoms with Crippen molar-refractivity contribution in [2.24, 2.45) is 5.92 Å². The van der Waals surface area contributed by atoms with Crippen molar-refractivity contribution in [2.75, 3.05) is 13.6 Å². The Morgan fingerprint density at radius 1 is 1.73 bits per heavy atom. The molecule has 0 aromatic heterocycles. The number of carbonyl (C=O) groups is 1. The summed E-state index contributed by atoms with van der Waals surface area (Å²) in [6.07, 6.45) is 0. The molecule has 1 atom stereocenters. The van der Waals surface area contributed by atoms with Gasteiger partial charge in [0.05, 0.1) is 5.60 Å². The second-order valence-corrected chi connectivity index (χ2v) is 3.40. The molecular formula is C7H13NO3. The Bertz CT molecular complexity index is 179. The number of rotatable bonds is 1. The fourth-order valence-electron chi connectivity index (χ4n) is 1.35. The van der Waals surface area contributed by atoms with Crippen LogP contribution in [0.25, 0.3) is 0 Å². The average molecular weight is 159 g/mol. The maximum absolute atomic E-state index is 10.7. The van der Waals surface area contributed by atoms with Gasteiger partial charge < -0.3 is 5.11 Å². The normalized spacial score (nSPS) is 30.6. The number of carboxylic acids is 1. The molecule has 0 radical (unpaired) electrons. The fourth-order valence-corrected chi connectivity index (χ4v) is 1.35. The van der Waals surface area contributed by atoms with E-state index in [2.05, 4.69) is 0 Å². The summed E-state index contributed by atoms with van der Waals surface area (Å²) in [7, 11) is 1.74. The Hall–Kier alpha value is -0.610. The van der Waals surface area contributed by atoms with Crippen LogP contribution in [0, 0.1) is 5.92 Å². The molecule has 0 aromatic rings. The molecule has 1 heterocycles. The van der Waals surface area contributed by atoms with E-state index < -0.39 is 17.5 Å². The number of carboxylic acid groups (broad SMARTS) is 1. The predicted octanol–water partition coefficient (Wildman–Crippen LogP) is 0.343. The van der Waals surface area contributed by atoms with Crippen LogP contribution < -0.4 is 0 Å². The van der Waals surface area contributed by atoms with Crippen molar-refractivity contribution in [3.63, 3.8) is 0 Å². The first-order valence-electron chi connectivity index (χ1n) is 3.56. The topological polar surface area (TPSA) is 49.8 Å². The maximum atomic E-state index is 10.7. The Kier molecular flexibility index (Phi) is 1.90. The molecule has 1 rings (SSSR count). The third-order valence-electron chi connectivity index (χ3n) is 1.97. The fraction of sp³-hybridized carbons (Fsp3) is 0.857. The summed E-state index contributed by atoms with van der Waals surface area (Å²) in [5.74, 6) is -1.22. The number of nitrogens with zero attached hydrogens (tertiary/aromatic N) is 1. The zero-order valence-corrected chi connectivity index (χ0v) is 7.00. The molecule has 0 amide bonds. The number of hydroxylamine groups is 2. The van der Waals surface area contributed by atoms with Crippen LogP contribution in [-0.2, 0) is 9.63 Å². The molecule has 1 aliphatic heterocycles. The molecule has 1 saturated heterocycles. The Morgan fingerprint density at radius 2 is 2.27 bits per heavy atom. The first-order chi connectivity index (χ1) is 4.93. The molecule has 4 heteroatoms. The average Bonchev–Trinajstić information content (AvgIpc) is 2.04. The van der Waals surface area contributed by atoms with Crippen LogP contribution in [0.3, 0.4) is 0 Å². The molecule has 1 fully saturated rings. The van der Waals surface area contributed by atoms with E-state index in [9.17, 15) is 4.79 Å². The maximum Gasteiger partial charge on any atom is 0.310 e. The van der Waals surface area contributed by atoms with Gasteiger partial charge in [0, 0.05) is 13.6 Å². The minimum atomic E-state index is -0.792. The zero-order valence-electron chi connectivity index (χ0n) is 7.00. The van der Waals surface area contributed by atoms with Gasteiger partial charge in [0.25, 0.3) is 0 Å². The van der Waals surface area contributed by atoms with Gasteiger partial charge in [-0.15, -0.1) is 0 Å². The molecule has 1 aliphatic rings. The van der Waals surface area contributed by atoms with Crippen molar-refractivity contribution < 1.29 is 14.7 Å². The highest BCUT2D eigenvalue weighted by Gasteiger charge is 2.44. The highest BCUT2D eigenvalue weighted by Crippen LogP contribution is 2.29. The smallest absolute Gasteiger partial charge is 0.310 e. The van der Waals surface area contributed by atoms with Crippen LogP contribution in [0.4, 0.5) is 0 Å². The van der Waals surface area contributed by atoms with Crippen molar-refractivity contribution in [3.05, 3.63) is 0 Å². The SMILES string of the molecule is CN1C[C@H](C(=O)O)C(C)(C)O1. The van der Waals surface area contributed by atoms with Crippen LogP contribution in [-0.4, -0.2) is 35.3 Å². The summed E-state index contributed by atoms with van der Waals surface area (Å²) >= 11 is 0. The number of hydrogen-bond acceptors (Lipinski definition) is 3. The third-order valence-corrected chi connectivity index (χ3v) is 1.97. The molecule has 64 valence electrons. The van der Waals surface area contributed by atoms with Crippen molar-refractivity contribution in [1.29, 1.82) is 0 Å². The highest BCUT2D eigenvalue weighted by molar-refractivity contribution is 5.72. The zero-order chi connectivity index (χ0) is 8.65. The first kappa shape index (κ1) is 8.49. The van der Waals surface area contributed by atoms with E-state index in [1.807, 2.05) is 0 Å². The van der Waals surface area contributed by atoms with E-state index in [1.165, 1.54) is 0 Å². The van der Waals surface area contributed by atoms with Crippen LogP contribution in [0.15, 0.2) is 0 Å². The molecule has 11 heavy (non-hydrogen) atoms. The van der Waals surface area contributed by atoms with Gasteiger partial charge in [0.1, 0.15) is 5.92 Å². The molecule has 0 aromatic carbocycles. The van der Waals surface area contributed by atoms with Gasteiger partial charge in [-0.25, -0.2) is 0 Å². The number of aliphatic carboxylic acids is 1. The van der Waals surface area contributed by atoms with E-state index in [-0.39, 0.29) is 0 Å². The lowest BCUT2D eigenvalue weighted by atomic mass is 9.92. The molecule has 0 unspecified atom stereocenters. The summed E-state index contributed by atoms with van der Waals surface area (Å²) in [6.45, 7) is 4.03. The highest BCUT2D eigenvalue weighted by atomic mass is 16.7. The lowest BCUT2D eigenvalue weighted by Crippen LogP contribution is -2.34. The Labute approximate surface area is 65.7 Å². The minimum Gasteiger partial charge on any atom is -0.481 e. The van der Waals surface area contributed by atoms with E-state index in [4.69, 9.17) is 9.94 Å². The van der Waals surface area contributed by atoms with Crippen molar-refractivity contribution >= 4 is 5.97 Å². The molecular weight excluding hydrogens is 146 g/mol. The standard InChI is InChI=1S/C7H13NO3/c1-7(2)5(6(9)10)4-8(3)11-7/h5H,4H2,1-3H3,(H,9,10)/t5-/m1/s1. The van der Waals surface area contributed by atoms with Crippen molar-refractivity contribution in [2.45, 2.75) is 19.4 Å².